The molecule has 19 heavy (non-hydrogen) atoms. The molecule has 1 unspecified atom stereocenters. The van der Waals surface area contributed by atoms with Gasteiger partial charge in [0.25, 0.3) is 0 Å². The van der Waals surface area contributed by atoms with Gasteiger partial charge in [-0.2, -0.15) is 0 Å². The summed E-state index contributed by atoms with van der Waals surface area (Å²) < 4.78 is 5.11. The van der Waals surface area contributed by atoms with Crippen LogP contribution < -0.4 is 10.5 Å². The topological polar surface area (TPSA) is 68.4 Å². The first-order valence-corrected chi connectivity index (χ1v) is 6.08. The van der Waals surface area contributed by atoms with E-state index in [4.69, 9.17) is 10.5 Å². The van der Waals surface area contributed by atoms with Crippen molar-refractivity contribution in [3.8, 4) is 5.75 Å². The van der Waals surface area contributed by atoms with Crippen LogP contribution in [0.4, 0.5) is 5.82 Å². The monoisotopic (exact) mass is 258 g/mol. The van der Waals surface area contributed by atoms with E-state index in [2.05, 4.69) is 4.98 Å². The summed E-state index contributed by atoms with van der Waals surface area (Å²) in [7, 11) is 1.62. The standard InChI is InChI=1S/C15H18N2O2/c1-15(18,10-11-7-8-17-14(16)9-11)12-3-5-13(19-2)6-4-12/h3-9,18H,10H2,1-2H3,(H2,16,17). The second-order valence-electron chi connectivity index (χ2n) is 4.77. The molecule has 0 aliphatic rings. The maximum atomic E-state index is 10.6. The summed E-state index contributed by atoms with van der Waals surface area (Å²) >= 11 is 0. The van der Waals surface area contributed by atoms with Crippen molar-refractivity contribution in [1.29, 1.82) is 0 Å². The van der Waals surface area contributed by atoms with Crippen LogP contribution >= 0.6 is 0 Å². The maximum Gasteiger partial charge on any atom is 0.123 e. The molecule has 1 aromatic carbocycles. The molecule has 4 nitrogen and oxygen atoms in total. The van der Waals surface area contributed by atoms with Crippen molar-refractivity contribution in [1.82, 2.24) is 4.98 Å². The molecule has 0 saturated heterocycles. The van der Waals surface area contributed by atoms with Crippen molar-refractivity contribution in [2.75, 3.05) is 12.8 Å². The van der Waals surface area contributed by atoms with Gasteiger partial charge in [-0.3, -0.25) is 0 Å². The lowest BCUT2D eigenvalue weighted by Gasteiger charge is -2.24. The van der Waals surface area contributed by atoms with E-state index in [0.29, 0.717) is 12.2 Å². The van der Waals surface area contributed by atoms with Gasteiger partial charge in [-0.05, 0) is 42.3 Å². The number of nitrogens with zero attached hydrogens (tertiary/aromatic N) is 1. The molecule has 0 saturated carbocycles. The molecule has 0 amide bonds. The van der Waals surface area contributed by atoms with Gasteiger partial charge in [-0.15, -0.1) is 0 Å². The van der Waals surface area contributed by atoms with E-state index in [-0.39, 0.29) is 0 Å². The molecule has 0 aliphatic carbocycles. The minimum atomic E-state index is -0.958. The quantitative estimate of drug-likeness (QED) is 0.881. The zero-order valence-electron chi connectivity index (χ0n) is 11.1. The molecule has 100 valence electrons. The third-order valence-corrected chi connectivity index (χ3v) is 3.11. The molecule has 4 heteroatoms. The highest BCUT2D eigenvalue weighted by Gasteiger charge is 2.23. The van der Waals surface area contributed by atoms with Gasteiger partial charge in [0.1, 0.15) is 11.6 Å². The summed E-state index contributed by atoms with van der Waals surface area (Å²) in [5, 5.41) is 10.6. The third kappa shape index (κ3) is 3.23. The number of methoxy groups -OCH3 is 1. The fourth-order valence-electron chi connectivity index (χ4n) is 2.05. The zero-order chi connectivity index (χ0) is 13.9. The van der Waals surface area contributed by atoms with Gasteiger partial charge in [-0.25, -0.2) is 4.98 Å². The Hall–Kier alpha value is -2.07. The molecule has 0 aliphatic heterocycles. The Morgan fingerprint density at radius 2 is 1.95 bits per heavy atom. The molecule has 2 rings (SSSR count). The minimum absolute atomic E-state index is 0.461. The third-order valence-electron chi connectivity index (χ3n) is 3.11. The smallest absolute Gasteiger partial charge is 0.123 e. The SMILES string of the molecule is COc1ccc(C(C)(O)Cc2ccnc(N)c2)cc1. The predicted octanol–water partition coefficient (Wildman–Crippen LogP) is 2.12. The first-order valence-electron chi connectivity index (χ1n) is 6.08. The Labute approximate surface area is 112 Å². The molecule has 1 aromatic heterocycles. The summed E-state index contributed by atoms with van der Waals surface area (Å²) in [6.07, 6.45) is 2.13. The zero-order valence-corrected chi connectivity index (χ0v) is 11.1. The number of nitrogens with two attached hydrogens (primary N) is 1. The molecule has 0 bridgehead atoms. The summed E-state index contributed by atoms with van der Waals surface area (Å²) in [5.74, 6) is 1.23. The van der Waals surface area contributed by atoms with E-state index >= 15 is 0 Å². The lowest BCUT2D eigenvalue weighted by molar-refractivity contribution is 0.0576. The van der Waals surface area contributed by atoms with Crippen LogP contribution in [0.15, 0.2) is 42.6 Å². The number of nitrogen functional groups attached to an aromatic ring is 1. The number of pyridine rings is 1. The Morgan fingerprint density at radius 3 is 2.53 bits per heavy atom. The van der Waals surface area contributed by atoms with Crippen LogP contribution in [-0.2, 0) is 12.0 Å². The molecule has 0 radical (unpaired) electrons. The first-order chi connectivity index (χ1) is 9.01. The molecular formula is C15H18N2O2. The molecule has 0 fully saturated rings. The van der Waals surface area contributed by atoms with Gasteiger partial charge in [0.2, 0.25) is 0 Å². The number of hydrogen-bond acceptors (Lipinski definition) is 4. The summed E-state index contributed by atoms with van der Waals surface area (Å²) in [5.41, 5.74) is 6.48. The highest BCUT2D eigenvalue weighted by atomic mass is 16.5. The number of ether oxygens (including phenoxy) is 1. The van der Waals surface area contributed by atoms with Crippen molar-refractivity contribution < 1.29 is 9.84 Å². The number of hydrogen-bond donors (Lipinski definition) is 2. The molecule has 1 heterocycles. The maximum absolute atomic E-state index is 10.6. The van der Waals surface area contributed by atoms with Crippen molar-refractivity contribution >= 4 is 5.82 Å². The van der Waals surface area contributed by atoms with E-state index in [1.807, 2.05) is 30.3 Å². The van der Waals surface area contributed by atoms with Crippen LogP contribution in [0.5, 0.6) is 5.75 Å². The Kier molecular flexibility index (Phi) is 3.71. The van der Waals surface area contributed by atoms with Crippen LogP contribution in [0, 0.1) is 0 Å². The van der Waals surface area contributed by atoms with Gasteiger partial charge in [0.05, 0.1) is 12.7 Å². The summed E-state index contributed by atoms with van der Waals surface area (Å²) in [6, 6.07) is 11.0. The van der Waals surface area contributed by atoms with Crippen LogP contribution in [0.3, 0.4) is 0 Å². The fourth-order valence-corrected chi connectivity index (χ4v) is 2.05. The molecule has 3 N–H and O–H groups in total. The number of aromatic nitrogens is 1. The molecule has 1 atom stereocenters. The average molecular weight is 258 g/mol. The largest absolute Gasteiger partial charge is 0.497 e. The van der Waals surface area contributed by atoms with E-state index < -0.39 is 5.60 Å². The van der Waals surface area contributed by atoms with Gasteiger partial charge in [0, 0.05) is 12.6 Å². The Balaban J connectivity index is 2.21. The molecule has 0 spiro atoms. The van der Waals surface area contributed by atoms with E-state index in [0.717, 1.165) is 16.9 Å². The van der Waals surface area contributed by atoms with Gasteiger partial charge in [-0.1, -0.05) is 12.1 Å². The highest BCUT2D eigenvalue weighted by Crippen LogP contribution is 2.27. The van der Waals surface area contributed by atoms with Crippen LogP contribution in [-0.4, -0.2) is 17.2 Å². The number of benzene rings is 1. The lowest BCUT2D eigenvalue weighted by atomic mass is 9.89. The molecular weight excluding hydrogens is 240 g/mol. The lowest BCUT2D eigenvalue weighted by Crippen LogP contribution is -2.24. The van der Waals surface area contributed by atoms with Crippen molar-refractivity contribution in [2.45, 2.75) is 18.9 Å². The normalized spacial score (nSPS) is 13.8. The van der Waals surface area contributed by atoms with Crippen LogP contribution in [0.1, 0.15) is 18.1 Å². The highest BCUT2D eigenvalue weighted by molar-refractivity contribution is 5.35. The summed E-state index contributed by atoms with van der Waals surface area (Å²) in [6.45, 7) is 1.78. The number of aliphatic hydroxyl groups is 1. The van der Waals surface area contributed by atoms with Gasteiger partial charge in [0.15, 0.2) is 0 Å². The average Bonchev–Trinajstić information content (AvgIpc) is 2.38. The summed E-state index contributed by atoms with van der Waals surface area (Å²) in [4.78, 5) is 3.94. The number of rotatable bonds is 4. The van der Waals surface area contributed by atoms with Crippen LogP contribution in [0.25, 0.3) is 0 Å². The Morgan fingerprint density at radius 1 is 1.26 bits per heavy atom. The second-order valence-corrected chi connectivity index (χ2v) is 4.77. The van der Waals surface area contributed by atoms with Gasteiger partial charge < -0.3 is 15.6 Å². The van der Waals surface area contributed by atoms with Crippen molar-refractivity contribution in [3.63, 3.8) is 0 Å². The van der Waals surface area contributed by atoms with E-state index in [1.54, 1.807) is 26.3 Å². The second kappa shape index (κ2) is 5.28. The van der Waals surface area contributed by atoms with Crippen LogP contribution in [0.2, 0.25) is 0 Å². The van der Waals surface area contributed by atoms with E-state index in [9.17, 15) is 5.11 Å². The van der Waals surface area contributed by atoms with E-state index in [1.165, 1.54) is 0 Å². The number of anilines is 1. The Bertz CT molecular complexity index is 550. The predicted molar refractivity (Wildman–Crippen MR) is 74.9 cm³/mol. The van der Waals surface area contributed by atoms with Gasteiger partial charge >= 0.3 is 0 Å². The van der Waals surface area contributed by atoms with Crippen molar-refractivity contribution in [2.24, 2.45) is 0 Å². The minimum Gasteiger partial charge on any atom is -0.497 e. The molecule has 2 aromatic rings. The fraction of sp³-hybridized carbons (Fsp3) is 0.267. The van der Waals surface area contributed by atoms with Crippen molar-refractivity contribution in [3.05, 3.63) is 53.7 Å². The first kappa shape index (κ1) is 13.4.